The average Bonchev–Trinajstić information content (AvgIpc) is 2.88. The Morgan fingerprint density at radius 2 is 1.96 bits per heavy atom. The Morgan fingerprint density at radius 3 is 2.65 bits per heavy atom. The van der Waals surface area contributed by atoms with Crippen molar-refractivity contribution in [3.05, 3.63) is 70.3 Å². The van der Waals surface area contributed by atoms with Crippen LogP contribution in [0, 0.1) is 0 Å². The van der Waals surface area contributed by atoms with Crippen molar-refractivity contribution in [1.82, 2.24) is 9.78 Å². The fraction of sp³-hybridized carbons (Fsp3) is 0.0588. The fourth-order valence-corrected chi connectivity index (χ4v) is 2.85. The van der Waals surface area contributed by atoms with Crippen LogP contribution in [0.25, 0.3) is 16.5 Å². The first-order valence-electron chi connectivity index (χ1n) is 6.79. The van der Waals surface area contributed by atoms with Crippen LogP contribution in [0.5, 0.6) is 0 Å². The highest BCUT2D eigenvalue weighted by molar-refractivity contribution is 6.35. The number of carboxylic acids is 1. The normalized spacial score (nSPS) is 10.9. The molecule has 2 aromatic carbocycles. The van der Waals surface area contributed by atoms with Gasteiger partial charge in [-0.05, 0) is 23.8 Å². The van der Waals surface area contributed by atoms with E-state index in [2.05, 4.69) is 11.7 Å². The highest BCUT2D eigenvalue weighted by atomic mass is 35.5. The van der Waals surface area contributed by atoms with Gasteiger partial charge in [0.25, 0.3) is 0 Å². The van der Waals surface area contributed by atoms with E-state index in [1.165, 1.54) is 0 Å². The van der Waals surface area contributed by atoms with Gasteiger partial charge < -0.3 is 5.11 Å². The van der Waals surface area contributed by atoms with Crippen LogP contribution < -0.4 is 0 Å². The van der Waals surface area contributed by atoms with E-state index in [0.29, 0.717) is 22.3 Å². The highest BCUT2D eigenvalue weighted by Gasteiger charge is 2.17. The van der Waals surface area contributed by atoms with Gasteiger partial charge >= 0.3 is 5.97 Å². The van der Waals surface area contributed by atoms with Gasteiger partial charge in [-0.25, -0.2) is 4.79 Å². The van der Waals surface area contributed by atoms with Crippen LogP contribution in [-0.4, -0.2) is 20.9 Å². The number of hydrogen-bond donors (Lipinski definition) is 1. The van der Waals surface area contributed by atoms with E-state index < -0.39 is 5.97 Å². The smallest absolute Gasteiger partial charge is 0.337 e. The second-order valence-electron chi connectivity index (χ2n) is 5.04. The van der Waals surface area contributed by atoms with E-state index in [0.717, 1.165) is 16.5 Å². The summed E-state index contributed by atoms with van der Waals surface area (Å²) < 4.78 is 1.72. The first kappa shape index (κ1) is 15.6. The SMILES string of the molecule is C=C(C(=O)O)c1nn(Cc2ccc(Cl)cc2Cl)c2ccccc12. The molecule has 0 spiro atoms. The molecule has 3 aromatic rings. The third-order valence-electron chi connectivity index (χ3n) is 3.54. The van der Waals surface area contributed by atoms with Gasteiger partial charge in [0.05, 0.1) is 17.6 Å². The average molecular weight is 347 g/mol. The molecule has 0 bridgehead atoms. The predicted octanol–water partition coefficient (Wildman–Crippen LogP) is 4.49. The summed E-state index contributed by atoms with van der Waals surface area (Å²) in [6, 6.07) is 12.7. The molecule has 0 fully saturated rings. The quantitative estimate of drug-likeness (QED) is 0.708. The van der Waals surface area contributed by atoms with E-state index >= 15 is 0 Å². The zero-order chi connectivity index (χ0) is 16.6. The lowest BCUT2D eigenvalue weighted by Crippen LogP contribution is -2.04. The minimum atomic E-state index is -1.09. The molecule has 0 saturated heterocycles. The lowest BCUT2D eigenvalue weighted by atomic mass is 10.1. The summed E-state index contributed by atoms with van der Waals surface area (Å²) in [5.41, 5.74) is 1.98. The fourth-order valence-electron chi connectivity index (χ4n) is 2.38. The van der Waals surface area contributed by atoms with Crippen molar-refractivity contribution < 1.29 is 9.90 Å². The number of aliphatic carboxylic acids is 1. The zero-order valence-electron chi connectivity index (χ0n) is 12.0. The van der Waals surface area contributed by atoms with Crippen molar-refractivity contribution in [2.75, 3.05) is 0 Å². The number of fused-ring (bicyclic) bond motifs is 1. The largest absolute Gasteiger partial charge is 0.478 e. The molecule has 0 amide bonds. The molecule has 1 aromatic heterocycles. The number of rotatable bonds is 4. The van der Waals surface area contributed by atoms with E-state index in [9.17, 15) is 9.90 Å². The molecule has 1 N–H and O–H groups in total. The van der Waals surface area contributed by atoms with Crippen molar-refractivity contribution in [2.45, 2.75) is 6.54 Å². The lowest BCUT2D eigenvalue weighted by molar-refractivity contribution is -0.130. The molecular weight excluding hydrogens is 335 g/mol. The molecule has 6 heteroatoms. The van der Waals surface area contributed by atoms with Crippen LogP contribution in [0.4, 0.5) is 0 Å². The van der Waals surface area contributed by atoms with Gasteiger partial charge in [-0.3, -0.25) is 4.68 Å². The third-order valence-corrected chi connectivity index (χ3v) is 4.12. The zero-order valence-corrected chi connectivity index (χ0v) is 13.5. The number of hydrogen-bond acceptors (Lipinski definition) is 2. The Balaban J connectivity index is 2.11. The van der Waals surface area contributed by atoms with E-state index in [1.807, 2.05) is 30.3 Å². The topological polar surface area (TPSA) is 55.1 Å². The molecule has 0 radical (unpaired) electrons. The van der Waals surface area contributed by atoms with Gasteiger partial charge in [0.15, 0.2) is 0 Å². The molecule has 23 heavy (non-hydrogen) atoms. The summed E-state index contributed by atoms with van der Waals surface area (Å²) in [4.78, 5) is 11.2. The van der Waals surface area contributed by atoms with Crippen molar-refractivity contribution in [2.24, 2.45) is 0 Å². The molecule has 0 atom stereocenters. The van der Waals surface area contributed by atoms with Crippen molar-refractivity contribution in [3.63, 3.8) is 0 Å². The molecule has 1 heterocycles. The molecule has 0 aliphatic heterocycles. The Bertz CT molecular complexity index is 931. The Hall–Kier alpha value is -2.30. The summed E-state index contributed by atoms with van der Waals surface area (Å²) in [6.45, 7) is 4.01. The van der Waals surface area contributed by atoms with Gasteiger partial charge in [-0.15, -0.1) is 0 Å². The second-order valence-corrected chi connectivity index (χ2v) is 5.89. The maximum atomic E-state index is 11.2. The minimum Gasteiger partial charge on any atom is -0.478 e. The van der Waals surface area contributed by atoms with E-state index in [1.54, 1.807) is 16.8 Å². The number of halogens is 2. The molecule has 3 rings (SSSR count). The standard InChI is InChI=1S/C17H12Cl2N2O2/c1-10(17(22)23)16-13-4-2-3-5-15(13)21(20-16)9-11-6-7-12(18)8-14(11)19/h2-8H,1,9H2,(H,22,23). The Morgan fingerprint density at radius 1 is 1.22 bits per heavy atom. The Labute approximate surface area is 142 Å². The number of benzene rings is 2. The summed E-state index contributed by atoms with van der Waals surface area (Å²) in [7, 11) is 0. The highest BCUT2D eigenvalue weighted by Crippen LogP contribution is 2.27. The first-order chi connectivity index (χ1) is 11.0. The van der Waals surface area contributed by atoms with E-state index in [-0.39, 0.29) is 5.57 Å². The van der Waals surface area contributed by atoms with Crippen LogP contribution in [-0.2, 0) is 11.3 Å². The van der Waals surface area contributed by atoms with Crippen LogP contribution in [0.15, 0.2) is 49.0 Å². The number of nitrogens with zero attached hydrogens (tertiary/aromatic N) is 2. The second kappa shape index (κ2) is 6.07. The molecule has 0 aliphatic rings. The van der Waals surface area contributed by atoms with Crippen molar-refractivity contribution >= 4 is 45.6 Å². The maximum absolute atomic E-state index is 11.2. The van der Waals surface area contributed by atoms with Crippen molar-refractivity contribution in [3.8, 4) is 0 Å². The van der Waals surface area contributed by atoms with Crippen LogP contribution in [0.1, 0.15) is 11.3 Å². The molecule has 0 saturated carbocycles. The number of carboxylic acid groups (broad SMARTS) is 1. The van der Waals surface area contributed by atoms with E-state index in [4.69, 9.17) is 23.2 Å². The summed E-state index contributed by atoms with van der Waals surface area (Å²) in [5.74, 6) is -1.09. The summed E-state index contributed by atoms with van der Waals surface area (Å²) in [5, 5.41) is 15.4. The predicted molar refractivity (Wildman–Crippen MR) is 92.0 cm³/mol. The Kier molecular flexibility index (Phi) is 4.11. The first-order valence-corrected chi connectivity index (χ1v) is 7.55. The molecule has 116 valence electrons. The number of aromatic nitrogens is 2. The van der Waals surface area contributed by atoms with Crippen LogP contribution in [0.2, 0.25) is 10.0 Å². The summed E-state index contributed by atoms with van der Waals surface area (Å²) in [6.07, 6.45) is 0. The number of carbonyl (C=O) groups is 1. The van der Waals surface area contributed by atoms with Crippen molar-refractivity contribution in [1.29, 1.82) is 0 Å². The molecule has 0 unspecified atom stereocenters. The third kappa shape index (κ3) is 2.96. The van der Waals surface area contributed by atoms with Gasteiger partial charge in [0.2, 0.25) is 0 Å². The van der Waals surface area contributed by atoms with Crippen LogP contribution >= 0.6 is 23.2 Å². The minimum absolute atomic E-state index is 0.0397. The summed E-state index contributed by atoms with van der Waals surface area (Å²) >= 11 is 12.1. The molecule has 4 nitrogen and oxygen atoms in total. The number of para-hydroxylation sites is 1. The monoisotopic (exact) mass is 346 g/mol. The van der Waals surface area contributed by atoms with Gasteiger partial charge in [0.1, 0.15) is 5.69 Å². The van der Waals surface area contributed by atoms with Gasteiger partial charge in [0, 0.05) is 15.4 Å². The van der Waals surface area contributed by atoms with Crippen LogP contribution in [0.3, 0.4) is 0 Å². The van der Waals surface area contributed by atoms with Gasteiger partial charge in [-0.2, -0.15) is 5.10 Å². The maximum Gasteiger partial charge on any atom is 0.337 e. The lowest BCUT2D eigenvalue weighted by Gasteiger charge is -2.06. The van der Waals surface area contributed by atoms with Gasteiger partial charge in [-0.1, -0.05) is 54.0 Å². The molecular formula is C17H12Cl2N2O2. The molecule has 0 aliphatic carbocycles.